The molecule has 4 aromatic rings. The Morgan fingerprint density at radius 1 is 1.23 bits per heavy atom. The lowest BCUT2D eigenvalue weighted by molar-refractivity contribution is 0.0786. The van der Waals surface area contributed by atoms with Gasteiger partial charge < -0.3 is 15.4 Å². The van der Waals surface area contributed by atoms with Gasteiger partial charge in [-0.05, 0) is 32.9 Å². The molecule has 4 heterocycles. The molecule has 35 heavy (non-hydrogen) atoms. The number of nitrogens with zero attached hydrogens (tertiary/aromatic N) is 5. The van der Waals surface area contributed by atoms with E-state index in [-0.39, 0.29) is 11.9 Å². The first-order chi connectivity index (χ1) is 16.6. The fourth-order valence-electron chi connectivity index (χ4n) is 3.49. The van der Waals surface area contributed by atoms with Crippen LogP contribution in [0, 0.1) is 6.92 Å². The van der Waals surface area contributed by atoms with Crippen molar-refractivity contribution in [3.05, 3.63) is 47.5 Å². The summed E-state index contributed by atoms with van der Waals surface area (Å²) in [4.78, 5) is 21.6. The van der Waals surface area contributed by atoms with Gasteiger partial charge in [-0.25, -0.2) is 14.6 Å². The smallest absolute Gasteiger partial charge is 0.252 e. The highest BCUT2D eigenvalue weighted by molar-refractivity contribution is 7.14. The highest BCUT2D eigenvalue weighted by Crippen LogP contribution is 2.29. The highest BCUT2D eigenvalue weighted by Gasteiger charge is 2.16. The number of thiophene rings is 1. The molecule has 0 bridgehead atoms. The number of amides is 1. The van der Waals surface area contributed by atoms with Crippen molar-refractivity contribution >= 4 is 41.8 Å². The van der Waals surface area contributed by atoms with Crippen molar-refractivity contribution in [3.63, 3.8) is 0 Å². The predicted molar refractivity (Wildman–Crippen MR) is 143 cm³/mol. The zero-order valence-electron chi connectivity index (χ0n) is 21.1. The maximum absolute atomic E-state index is 12.3. The van der Waals surface area contributed by atoms with Gasteiger partial charge in [0.1, 0.15) is 6.73 Å². The maximum atomic E-state index is 12.3. The molecule has 0 saturated carbocycles. The van der Waals surface area contributed by atoms with Crippen molar-refractivity contribution < 1.29 is 9.53 Å². The normalized spacial score (nSPS) is 12.0. The minimum absolute atomic E-state index is 0.0845. The fourth-order valence-corrected chi connectivity index (χ4v) is 5.03. The predicted octanol–water partition coefficient (Wildman–Crippen LogP) is 5.16. The maximum Gasteiger partial charge on any atom is 0.252 e. The van der Waals surface area contributed by atoms with Gasteiger partial charge in [-0.1, -0.05) is 19.6 Å². The Hall–Kier alpha value is -3.02. The zero-order valence-corrected chi connectivity index (χ0v) is 22.9. The molecule has 1 amide bonds. The van der Waals surface area contributed by atoms with Gasteiger partial charge in [0.05, 0.1) is 34.3 Å². The summed E-state index contributed by atoms with van der Waals surface area (Å²) in [6, 6.07) is 3.05. The summed E-state index contributed by atoms with van der Waals surface area (Å²) in [5.41, 5.74) is 4.04. The van der Waals surface area contributed by atoms with E-state index < -0.39 is 8.07 Å². The Morgan fingerprint density at radius 2 is 2.03 bits per heavy atom. The number of anilines is 2. The Labute approximate surface area is 210 Å². The number of hydrogen-bond acceptors (Lipinski definition) is 7. The van der Waals surface area contributed by atoms with E-state index in [9.17, 15) is 4.79 Å². The minimum Gasteiger partial charge on any atom is -0.360 e. The first-order valence-corrected chi connectivity index (χ1v) is 16.3. The molecular weight excluding hydrogens is 478 g/mol. The van der Waals surface area contributed by atoms with Crippen LogP contribution in [-0.2, 0) is 11.5 Å². The van der Waals surface area contributed by atoms with Gasteiger partial charge in [-0.3, -0.25) is 9.20 Å². The van der Waals surface area contributed by atoms with Crippen molar-refractivity contribution in [2.45, 2.75) is 59.2 Å². The molecule has 0 spiro atoms. The topological polar surface area (TPSA) is 98.4 Å². The summed E-state index contributed by atoms with van der Waals surface area (Å²) < 4.78 is 9.64. The summed E-state index contributed by atoms with van der Waals surface area (Å²) >= 11 is 1.46. The van der Waals surface area contributed by atoms with Crippen LogP contribution in [-0.4, -0.2) is 50.8 Å². The van der Waals surface area contributed by atoms with E-state index in [0.29, 0.717) is 23.8 Å². The van der Waals surface area contributed by atoms with Crippen molar-refractivity contribution in [2.24, 2.45) is 0 Å². The lowest BCUT2D eigenvalue weighted by Gasteiger charge is -2.15. The first kappa shape index (κ1) is 25.1. The monoisotopic (exact) mass is 511 g/mol. The van der Waals surface area contributed by atoms with E-state index in [0.717, 1.165) is 34.6 Å². The molecule has 9 nitrogen and oxygen atoms in total. The molecule has 0 aliphatic heterocycles. The molecule has 0 saturated heterocycles. The number of imidazole rings is 1. The van der Waals surface area contributed by atoms with Crippen LogP contribution in [0.25, 0.3) is 16.9 Å². The van der Waals surface area contributed by atoms with Crippen molar-refractivity contribution in [1.82, 2.24) is 29.5 Å². The van der Waals surface area contributed by atoms with Crippen molar-refractivity contribution in [2.75, 3.05) is 11.9 Å². The quantitative estimate of drug-likeness (QED) is 0.225. The number of carbonyl (C=O) groups excluding carboxylic acids is 1. The van der Waals surface area contributed by atoms with E-state index in [2.05, 4.69) is 45.3 Å². The third kappa shape index (κ3) is 6.35. The molecule has 11 heteroatoms. The number of nitrogens with one attached hydrogen (secondary N) is 2. The number of ether oxygens (including phenoxy) is 1. The Bertz CT molecular complexity index is 1320. The van der Waals surface area contributed by atoms with E-state index >= 15 is 0 Å². The first-order valence-electron chi connectivity index (χ1n) is 11.7. The molecule has 0 atom stereocenters. The van der Waals surface area contributed by atoms with Crippen LogP contribution in [0.15, 0.2) is 36.2 Å². The van der Waals surface area contributed by atoms with Gasteiger partial charge in [-0.2, -0.15) is 5.10 Å². The number of aromatic nitrogens is 5. The molecule has 4 aromatic heterocycles. The van der Waals surface area contributed by atoms with Crippen molar-refractivity contribution in [3.8, 4) is 11.3 Å². The second-order valence-corrected chi connectivity index (χ2v) is 16.7. The summed E-state index contributed by atoms with van der Waals surface area (Å²) in [7, 11) is -1.11. The average molecular weight is 512 g/mol. The standard InChI is InChI=1S/C24H33N7O2SSi/c1-16(2)27-24(32)18-9-21(34-14-18)29-22-23-25-11-20(31(23)12-17(3)28-22)19-10-26-30(13-19)15-33-7-8-35(4,5)6/h9-14,16H,7-8,15H2,1-6H3,(H,27,32)(H,28,29). The fraction of sp³-hybridized carbons (Fsp3) is 0.417. The molecule has 0 aliphatic rings. The Kier molecular flexibility index (Phi) is 7.38. The largest absolute Gasteiger partial charge is 0.360 e. The van der Waals surface area contributed by atoms with Crippen LogP contribution in [0.5, 0.6) is 0 Å². The number of fused-ring (bicyclic) bond motifs is 1. The average Bonchev–Trinajstić information content (AvgIpc) is 3.49. The Balaban J connectivity index is 1.51. The van der Waals surface area contributed by atoms with Crippen LogP contribution in [0.2, 0.25) is 25.7 Å². The zero-order chi connectivity index (χ0) is 25.2. The summed E-state index contributed by atoms with van der Waals surface area (Å²) in [5.74, 6) is 0.548. The molecule has 0 aliphatic carbocycles. The highest BCUT2D eigenvalue weighted by atomic mass is 32.1. The molecule has 0 fully saturated rings. The lowest BCUT2D eigenvalue weighted by Crippen LogP contribution is -2.29. The van der Waals surface area contributed by atoms with E-state index in [1.165, 1.54) is 11.3 Å². The van der Waals surface area contributed by atoms with Crippen LogP contribution in [0.4, 0.5) is 10.8 Å². The molecule has 0 radical (unpaired) electrons. The van der Waals surface area contributed by atoms with Crippen LogP contribution in [0.1, 0.15) is 29.9 Å². The van der Waals surface area contributed by atoms with Crippen LogP contribution >= 0.6 is 11.3 Å². The van der Waals surface area contributed by atoms with Crippen LogP contribution in [0.3, 0.4) is 0 Å². The van der Waals surface area contributed by atoms with Crippen LogP contribution < -0.4 is 10.6 Å². The van der Waals surface area contributed by atoms with Gasteiger partial charge in [0.25, 0.3) is 5.91 Å². The van der Waals surface area contributed by atoms with Gasteiger partial charge in [0, 0.05) is 44.1 Å². The molecule has 2 N–H and O–H groups in total. The number of aryl methyl sites for hydroxylation is 1. The molecular formula is C24H33N7O2SSi. The minimum atomic E-state index is -1.11. The summed E-state index contributed by atoms with van der Waals surface area (Å²) in [5, 5.41) is 13.4. The number of rotatable bonds is 10. The number of carbonyl (C=O) groups is 1. The summed E-state index contributed by atoms with van der Waals surface area (Å²) in [6.07, 6.45) is 7.58. The van der Waals surface area contributed by atoms with Gasteiger partial charge in [-0.15, -0.1) is 11.3 Å². The number of hydrogen-bond donors (Lipinski definition) is 2. The Morgan fingerprint density at radius 3 is 2.77 bits per heavy atom. The SMILES string of the molecule is Cc1cn2c(-c3cnn(COCC[Si](C)(C)C)c3)cnc2c(Nc2cc(C(=O)NC(C)C)cs2)n1. The molecule has 0 aromatic carbocycles. The van der Waals surface area contributed by atoms with Gasteiger partial charge in [0.2, 0.25) is 0 Å². The molecule has 0 unspecified atom stereocenters. The lowest BCUT2D eigenvalue weighted by atomic mass is 10.3. The van der Waals surface area contributed by atoms with E-state index in [1.54, 1.807) is 0 Å². The second kappa shape index (κ2) is 10.3. The van der Waals surface area contributed by atoms with E-state index in [4.69, 9.17) is 4.74 Å². The van der Waals surface area contributed by atoms with Gasteiger partial charge in [0.15, 0.2) is 11.5 Å². The van der Waals surface area contributed by atoms with Crippen molar-refractivity contribution in [1.29, 1.82) is 0 Å². The second-order valence-electron chi connectivity index (χ2n) is 10.1. The molecule has 186 valence electrons. The van der Waals surface area contributed by atoms with Gasteiger partial charge >= 0.3 is 0 Å². The summed E-state index contributed by atoms with van der Waals surface area (Å²) in [6.45, 7) is 14.0. The van der Waals surface area contributed by atoms with E-state index in [1.807, 2.05) is 66.1 Å². The molecule has 4 rings (SSSR count). The third-order valence-electron chi connectivity index (χ3n) is 5.28. The third-order valence-corrected chi connectivity index (χ3v) is 7.83.